The average molecular weight is 401 g/mol. The van der Waals surface area contributed by atoms with Gasteiger partial charge in [0.2, 0.25) is 0 Å². The molecule has 1 aromatic rings. The highest BCUT2D eigenvalue weighted by molar-refractivity contribution is 6.62. The Morgan fingerprint density at radius 2 is 1.73 bits per heavy atom. The molecule has 0 spiro atoms. The molecule has 2 aliphatic heterocycles. The van der Waals surface area contributed by atoms with E-state index in [1.165, 1.54) is 0 Å². The molecule has 0 unspecified atom stereocenters. The van der Waals surface area contributed by atoms with Gasteiger partial charge in [-0.3, -0.25) is 4.79 Å². The van der Waals surface area contributed by atoms with Crippen LogP contribution in [0.5, 0.6) is 0 Å². The summed E-state index contributed by atoms with van der Waals surface area (Å²) in [6.45, 7) is 9.38. The third kappa shape index (κ3) is 4.05. The predicted molar refractivity (Wildman–Crippen MR) is 108 cm³/mol. The van der Waals surface area contributed by atoms with Gasteiger partial charge in [-0.2, -0.15) is 0 Å². The third-order valence-electron chi connectivity index (χ3n) is 5.58. The van der Waals surface area contributed by atoms with E-state index in [0.717, 1.165) is 18.3 Å². The van der Waals surface area contributed by atoms with Crippen molar-refractivity contribution < 1.29 is 14.1 Å². The van der Waals surface area contributed by atoms with Gasteiger partial charge in [0.05, 0.1) is 21.8 Å². The molecule has 0 saturated carbocycles. The van der Waals surface area contributed by atoms with E-state index in [1.807, 2.05) is 38.7 Å². The van der Waals surface area contributed by atoms with Gasteiger partial charge in [-0.05, 0) is 58.1 Å². The molecule has 2 heterocycles. The molecule has 0 radical (unpaired) electrons. The van der Waals surface area contributed by atoms with Crippen molar-refractivity contribution in [3.63, 3.8) is 0 Å². The van der Waals surface area contributed by atoms with Crippen molar-refractivity contribution in [3.05, 3.63) is 28.8 Å². The zero-order valence-corrected chi connectivity index (χ0v) is 17.3. The summed E-state index contributed by atoms with van der Waals surface area (Å²) in [5.41, 5.74) is 6.42. The first-order valence-electron chi connectivity index (χ1n) is 8.81. The molecule has 0 aliphatic carbocycles. The number of carbonyl (C=O) groups is 1. The van der Waals surface area contributed by atoms with Crippen LogP contribution in [-0.2, 0) is 9.31 Å². The van der Waals surface area contributed by atoms with Crippen LogP contribution in [0.2, 0.25) is 5.02 Å². The molecule has 26 heavy (non-hydrogen) atoms. The monoisotopic (exact) mass is 400 g/mol. The molecule has 2 N–H and O–H groups in total. The highest BCUT2D eigenvalue weighted by Crippen LogP contribution is 2.36. The Kier molecular flexibility index (Phi) is 6.36. The van der Waals surface area contributed by atoms with E-state index in [9.17, 15) is 4.79 Å². The van der Waals surface area contributed by atoms with Gasteiger partial charge in [0.15, 0.2) is 0 Å². The lowest BCUT2D eigenvalue weighted by molar-refractivity contribution is 0.00578. The lowest BCUT2D eigenvalue weighted by Crippen LogP contribution is -2.43. The Hall–Kier alpha value is -0.785. The molecule has 8 heteroatoms. The SMILES string of the molecule is CC1(C)OB(c2ccc(C(=O)N3CCC(N)CC3)c(Cl)c2)OC1(C)C.Cl. The number of likely N-dealkylation sites (tertiary alicyclic amines) is 1. The first kappa shape index (κ1) is 21.5. The van der Waals surface area contributed by atoms with Crippen LogP contribution in [0.25, 0.3) is 0 Å². The van der Waals surface area contributed by atoms with Crippen molar-refractivity contribution in [1.82, 2.24) is 4.90 Å². The van der Waals surface area contributed by atoms with Crippen molar-refractivity contribution in [2.45, 2.75) is 57.8 Å². The zero-order chi connectivity index (χ0) is 18.4. The molecule has 2 fully saturated rings. The summed E-state index contributed by atoms with van der Waals surface area (Å²) >= 11 is 6.41. The number of carbonyl (C=O) groups excluding carboxylic acids is 1. The standard InChI is InChI=1S/C18H26BClN2O3.ClH/c1-17(2)18(3,4)25-19(24-17)12-5-6-14(15(20)11-12)16(23)22-9-7-13(21)8-10-22;/h5-6,11,13H,7-10,21H2,1-4H3;1H. The quantitative estimate of drug-likeness (QED) is 0.775. The van der Waals surface area contributed by atoms with Gasteiger partial charge in [-0.1, -0.05) is 17.7 Å². The fourth-order valence-electron chi connectivity index (χ4n) is 3.10. The maximum atomic E-state index is 12.7. The van der Waals surface area contributed by atoms with Gasteiger partial charge in [-0.15, -0.1) is 12.4 Å². The summed E-state index contributed by atoms with van der Waals surface area (Å²) in [5, 5.41) is 0.423. The second-order valence-electron chi connectivity index (χ2n) is 7.96. The summed E-state index contributed by atoms with van der Waals surface area (Å²) in [5.74, 6) is -0.0441. The second kappa shape index (κ2) is 7.68. The van der Waals surface area contributed by atoms with Crippen molar-refractivity contribution in [1.29, 1.82) is 0 Å². The average Bonchev–Trinajstić information content (AvgIpc) is 2.75. The highest BCUT2D eigenvalue weighted by atomic mass is 35.5. The number of hydrogen-bond donors (Lipinski definition) is 1. The second-order valence-corrected chi connectivity index (χ2v) is 8.36. The Morgan fingerprint density at radius 1 is 1.19 bits per heavy atom. The van der Waals surface area contributed by atoms with Gasteiger partial charge in [0, 0.05) is 19.1 Å². The highest BCUT2D eigenvalue weighted by Gasteiger charge is 2.51. The minimum absolute atomic E-state index is 0. The Bertz CT molecular complexity index is 660. The first-order chi connectivity index (χ1) is 11.6. The van der Waals surface area contributed by atoms with Crippen LogP contribution in [0.1, 0.15) is 50.9 Å². The van der Waals surface area contributed by atoms with E-state index in [-0.39, 0.29) is 24.4 Å². The number of piperidine rings is 1. The molecule has 2 aliphatic rings. The Labute approximate surface area is 167 Å². The summed E-state index contributed by atoms with van der Waals surface area (Å²) in [6.07, 6.45) is 1.66. The molecule has 1 aromatic carbocycles. The maximum Gasteiger partial charge on any atom is 0.494 e. The molecule has 0 aromatic heterocycles. The fourth-order valence-corrected chi connectivity index (χ4v) is 3.37. The lowest BCUT2D eigenvalue weighted by atomic mass is 9.79. The largest absolute Gasteiger partial charge is 0.494 e. The van der Waals surface area contributed by atoms with Crippen LogP contribution in [0.15, 0.2) is 18.2 Å². The van der Waals surface area contributed by atoms with Gasteiger partial charge >= 0.3 is 7.12 Å². The minimum atomic E-state index is -0.486. The summed E-state index contributed by atoms with van der Waals surface area (Å²) in [7, 11) is -0.486. The molecule has 2 saturated heterocycles. The van der Waals surface area contributed by atoms with Gasteiger partial charge in [-0.25, -0.2) is 0 Å². The number of halogens is 2. The fraction of sp³-hybridized carbons (Fsp3) is 0.611. The topological polar surface area (TPSA) is 64.8 Å². The molecule has 144 valence electrons. The third-order valence-corrected chi connectivity index (χ3v) is 5.89. The van der Waals surface area contributed by atoms with Crippen LogP contribution >= 0.6 is 24.0 Å². The molecule has 0 atom stereocenters. The number of benzene rings is 1. The van der Waals surface area contributed by atoms with E-state index in [1.54, 1.807) is 12.1 Å². The smallest absolute Gasteiger partial charge is 0.399 e. The molecule has 1 amide bonds. The minimum Gasteiger partial charge on any atom is -0.399 e. The van der Waals surface area contributed by atoms with Gasteiger partial charge < -0.3 is 19.9 Å². The van der Waals surface area contributed by atoms with Crippen LogP contribution < -0.4 is 11.2 Å². The van der Waals surface area contributed by atoms with Crippen molar-refractivity contribution in [2.75, 3.05) is 13.1 Å². The predicted octanol–water partition coefficient (Wildman–Crippen LogP) is 2.62. The Balaban J connectivity index is 0.00000243. The van der Waals surface area contributed by atoms with Gasteiger partial charge in [0.1, 0.15) is 0 Å². The van der Waals surface area contributed by atoms with Crippen molar-refractivity contribution in [3.8, 4) is 0 Å². The number of rotatable bonds is 2. The van der Waals surface area contributed by atoms with E-state index in [4.69, 9.17) is 26.6 Å². The van der Waals surface area contributed by atoms with Crippen molar-refractivity contribution in [2.24, 2.45) is 5.73 Å². The molecule has 5 nitrogen and oxygen atoms in total. The van der Waals surface area contributed by atoms with Crippen LogP contribution in [0.4, 0.5) is 0 Å². The van der Waals surface area contributed by atoms with E-state index < -0.39 is 18.3 Å². The maximum absolute atomic E-state index is 12.7. The molecular formula is C18H27BCl2N2O3. The number of hydrogen-bond acceptors (Lipinski definition) is 4. The summed E-state index contributed by atoms with van der Waals surface area (Å²) in [6, 6.07) is 5.58. The first-order valence-corrected chi connectivity index (χ1v) is 9.18. The summed E-state index contributed by atoms with van der Waals surface area (Å²) in [4.78, 5) is 14.5. The van der Waals surface area contributed by atoms with E-state index in [0.29, 0.717) is 23.7 Å². The van der Waals surface area contributed by atoms with Crippen LogP contribution in [-0.4, -0.2) is 48.3 Å². The van der Waals surface area contributed by atoms with E-state index in [2.05, 4.69) is 0 Å². The summed E-state index contributed by atoms with van der Waals surface area (Å²) < 4.78 is 12.1. The molecule has 0 bridgehead atoms. The number of nitrogens with zero attached hydrogens (tertiary/aromatic N) is 1. The van der Waals surface area contributed by atoms with Crippen LogP contribution in [0.3, 0.4) is 0 Å². The normalized spacial score (nSPS) is 22.2. The Morgan fingerprint density at radius 3 is 2.23 bits per heavy atom. The zero-order valence-electron chi connectivity index (χ0n) is 15.8. The molecular weight excluding hydrogens is 374 g/mol. The van der Waals surface area contributed by atoms with E-state index >= 15 is 0 Å². The lowest BCUT2D eigenvalue weighted by Gasteiger charge is -2.32. The van der Waals surface area contributed by atoms with Crippen LogP contribution in [0, 0.1) is 0 Å². The number of amides is 1. The van der Waals surface area contributed by atoms with Crippen molar-refractivity contribution >= 4 is 42.5 Å². The van der Waals surface area contributed by atoms with Gasteiger partial charge in [0.25, 0.3) is 5.91 Å². The molecule has 3 rings (SSSR count). The number of nitrogens with two attached hydrogens (primary N) is 1.